The summed E-state index contributed by atoms with van der Waals surface area (Å²) >= 11 is 1.14. The van der Waals surface area contributed by atoms with Crippen molar-refractivity contribution in [3.8, 4) is 0 Å². The van der Waals surface area contributed by atoms with Gasteiger partial charge in [-0.3, -0.25) is 0 Å². The summed E-state index contributed by atoms with van der Waals surface area (Å²) in [4.78, 5) is 8.25. The molecule has 0 atom stereocenters. The Balaban J connectivity index is -0.00000000443. The topological polar surface area (TPSA) is 200 Å². The second-order valence-electron chi connectivity index (χ2n) is 0.269. The summed E-state index contributed by atoms with van der Waals surface area (Å²) in [5, 5.41) is 14.8. The number of nitrogens with two attached hydrogens (primary N) is 4. The third-order valence-electron chi connectivity index (χ3n) is 0. The average molecular weight is 994 g/mol. The molecule has 0 aliphatic heterocycles. The van der Waals surface area contributed by atoms with Gasteiger partial charge in [0.25, 0.3) is 0 Å². The van der Waals surface area contributed by atoms with Gasteiger partial charge in [0.05, 0.1) is 5.09 Å². The molecule has 8 N–H and O–H groups in total. The van der Waals surface area contributed by atoms with Crippen molar-refractivity contribution in [2.24, 2.45) is 0 Å². The van der Waals surface area contributed by atoms with Crippen LogP contribution in [0.1, 0.15) is 0 Å². The Morgan fingerprint density at radius 2 is 1.00 bits per heavy atom. The molecule has 0 aromatic heterocycles. The zero-order chi connectivity index (χ0) is 8.28. The van der Waals surface area contributed by atoms with Gasteiger partial charge in [-0.15, -0.1) is 24.0 Å². The maximum atomic E-state index is 8.25. The van der Waals surface area contributed by atoms with Crippen molar-refractivity contribution < 1.29 is 54.6 Å². The zero-order valence-electron chi connectivity index (χ0n) is 6.53. The van der Waals surface area contributed by atoms with E-state index in [0.29, 0.717) is 0 Å². The number of hydrogen-bond donors (Lipinski definition) is 0. The first-order valence-electron chi connectivity index (χ1n) is 0.906. The van der Waals surface area contributed by atoms with E-state index >= 15 is 0 Å². The molecule has 0 amide bonds. The van der Waals surface area contributed by atoms with Gasteiger partial charge in [0, 0.05) is 14.3 Å². The van der Waals surface area contributed by atoms with Crippen LogP contribution >= 0.6 is 52.2 Å². The number of nitrogens with zero attached hydrogens (tertiary/aromatic N) is 1. The van der Waals surface area contributed by atoms with Gasteiger partial charge in [-0.25, -0.2) is 0 Å². The van der Waals surface area contributed by atoms with E-state index in [1.807, 2.05) is 0 Å². The molecule has 0 heterocycles. The average Bonchev–Trinajstić information content (AvgIpc) is 1.71. The number of hydrogen-bond acceptors (Lipinski definition) is 3. The van der Waals surface area contributed by atoms with Crippen LogP contribution in [0.2, 0.25) is 0 Å². The molecule has 15 heavy (non-hydrogen) atoms. The van der Waals surface area contributed by atoms with Crippen LogP contribution in [0, 0.1) is 29.6 Å². The van der Waals surface area contributed by atoms with E-state index < -0.39 is 21.6 Å². The van der Waals surface area contributed by atoms with Gasteiger partial charge in [0.2, 0.25) is 0 Å². The molecule has 0 unspecified atom stereocenters. The molecule has 0 aromatic carbocycles. The molecule has 0 bridgehead atoms. The van der Waals surface area contributed by atoms with Crippen LogP contribution in [-0.4, -0.2) is 5.09 Å². The van der Waals surface area contributed by atoms with Crippen LogP contribution in [0.4, 0.5) is 0 Å². The quantitative estimate of drug-likeness (QED) is 0.180. The van der Waals surface area contributed by atoms with Gasteiger partial charge in [0.15, 0.2) is 0 Å². The van der Waals surface area contributed by atoms with Gasteiger partial charge in [-0.1, -0.05) is 0 Å². The largest absolute Gasteiger partial charge is 0.693 e. The Bertz CT molecular complexity index is 66.8. The van der Waals surface area contributed by atoms with Gasteiger partial charge in [-0.05, 0) is 0 Å². The smallest absolute Gasteiger partial charge is 0.693 e. The Hall–Kier alpha value is 2.41. The molecule has 1 radical (unpaired) electrons. The fourth-order valence-corrected chi connectivity index (χ4v) is 0. The minimum atomic E-state index is -1.75. The standard InChI is InChI=1S/Am.3ClH.HI.NO3.4H2N.2Pt/c;;;;;2-1(3)4;;;;;;/h;4*1H;;4*1H2;;/q;;;;;5*-1;+1;+4/p-3. The normalized spacial score (nSPS) is 3.53. The molecule has 15 heteroatoms. The van der Waals surface area contributed by atoms with Crippen molar-refractivity contribution in [3.63, 3.8) is 0 Å². The molecule has 0 aromatic rings. The first-order chi connectivity index (χ1) is 4.15. The minimum Gasteiger partial charge on any atom is -0.693 e. The predicted octanol–water partition coefficient (Wildman–Crippen LogP) is 5.31. The van der Waals surface area contributed by atoms with E-state index in [1.165, 1.54) is 0 Å². The predicted molar refractivity (Wildman–Crippen MR) is 64.5 cm³/mol. The molecular weight excluding hydrogens is 984 g/mol. The van der Waals surface area contributed by atoms with E-state index in [2.05, 4.69) is 9.42 Å². The van der Waals surface area contributed by atoms with Gasteiger partial charge in [-0.2, -0.15) is 0 Å². The number of rotatable bonds is 0. The minimum absolute atomic E-state index is 0. The van der Waals surface area contributed by atoms with Gasteiger partial charge >= 0.3 is 63.5 Å². The van der Waals surface area contributed by atoms with Crippen LogP contribution in [0.3, 0.4) is 0 Å². The van der Waals surface area contributed by atoms with Crippen molar-refractivity contribution in [3.05, 3.63) is 39.9 Å². The van der Waals surface area contributed by atoms with E-state index in [9.17, 15) is 0 Å². The Labute approximate surface area is 145 Å². The van der Waals surface area contributed by atoms with E-state index in [1.54, 1.807) is 18.8 Å². The third kappa shape index (κ3) is 588. The Morgan fingerprint density at radius 1 is 1.00 bits per heavy atom. The first-order valence-corrected chi connectivity index (χ1v) is 9.35. The molecular formula is H9AmCl3IN5O3Pt2-3. The summed E-state index contributed by atoms with van der Waals surface area (Å²) in [5.74, 6) is 0. The van der Waals surface area contributed by atoms with Gasteiger partial charge < -0.3 is 39.9 Å². The maximum Gasteiger partial charge on any atom is -0.693 e. The summed E-state index contributed by atoms with van der Waals surface area (Å²) in [7, 11) is 14.4. The first kappa shape index (κ1) is 66.3. The monoisotopic (exact) mass is 990 g/mol. The molecule has 0 fully saturated rings. The molecule has 0 saturated carbocycles. The SMILES string of the molecule is I.O=[N+]([O-])[O-].[Am].[Cl][Pt+2][Cl].[Cl][Pt].[NH2-].[NH2-].[NH2-].[NH2-]. The molecule has 8 nitrogen and oxygen atoms in total. The summed E-state index contributed by atoms with van der Waals surface area (Å²) in [5.41, 5.74) is 0. The fourth-order valence-electron chi connectivity index (χ4n) is 0. The van der Waals surface area contributed by atoms with Crippen LogP contribution in [-0.2, 0) is 35.3 Å². The van der Waals surface area contributed by atoms with Crippen LogP contribution in [0.25, 0.3) is 24.6 Å². The van der Waals surface area contributed by atoms with E-state index in [-0.39, 0.29) is 62.9 Å². The van der Waals surface area contributed by atoms with Crippen molar-refractivity contribution in [2.75, 3.05) is 0 Å². The summed E-state index contributed by atoms with van der Waals surface area (Å²) in [6.07, 6.45) is 0. The summed E-state index contributed by atoms with van der Waals surface area (Å²) in [6, 6.07) is 0. The van der Waals surface area contributed by atoms with Crippen molar-refractivity contribution in [1.29, 1.82) is 0 Å². The van der Waals surface area contributed by atoms with Crippen molar-refractivity contribution in [2.45, 2.75) is 0 Å². The van der Waals surface area contributed by atoms with E-state index in [4.69, 9.17) is 34.2 Å². The zero-order valence-corrected chi connectivity index (χ0v) is 18.8. The maximum absolute atomic E-state index is 8.25. The Morgan fingerprint density at radius 3 is 1.00 bits per heavy atom. The Kier molecular flexibility index (Phi) is 419. The molecule has 0 rings (SSSR count). The fraction of sp³-hybridized carbons (Fsp3) is 0. The van der Waals surface area contributed by atoms with Crippen LogP contribution in [0.15, 0.2) is 0 Å². The molecule has 0 saturated heterocycles. The van der Waals surface area contributed by atoms with E-state index in [0.717, 1.165) is 0 Å². The summed E-state index contributed by atoms with van der Waals surface area (Å²) < 4.78 is 0. The number of halogens is 4. The van der Waals surface area contributed by atoms with Crippen molar-refractivity contribution in [1.82, 2.24) is 0 Å². The third-order valence-corrected chi connectivity index (χ3v) is 0. The van der Waals surface area contributed by atoms with Crippen molar-refractivity contribution >= 4 is 52.2 Å². The molecule has 110 valence electrons. The molecule has 0 spiro atoms. The second kappa shape index (κ2) is 94.9. The van der Waals surface area contributed by atoms with Gasteiger partial charge in [0.1, 0.15) is 0 Å². The second-order valence-corrected chi connectivity index (χ2v) is 3.55. The summed E-state index contributed by atoms with van der Waals surface area (Å²) in [6.45, 7) is 0. The molecule has 0 aliphatic rings. The molecule has 0 aliphatic carbocycles. The van der Waals surface area contributed by atoms with Crippen LogP contribution < -0.4 is 0 Å². The van der Waals surface area contributed by atoms with Crippen LogP contribution in [0.5, 0.6) is 0 Å².